The van der Waals surface area contributed by atoms with Crippen LogP contribution in [0, 0.1) is 0 Å². The van der Waals surface area contributed by atoms with Crippen LogP contribution in [0.4, 0.5) is 5.82 Å². The van der Waals surface area contributed by atoms with Crippen LogP contribution in [0.2, 0.25) is 0 Å². The van der Waals surface area contributed by atoms with Crippen LogP contribution in [0.15, 0.2) is 6.33 Å². The zero-order valence-electron chi connectivity index (χ0n) is 11.5. The van der Waals surface area contributed by atoms with E-state index >= 15 is 0 Å². The largest absolute Gasteiger partial charge is 0.391 e. The third-order valence-corrected chi connectivity index (χ3v) is 3.86. The van der Waals surface area contributed by atoms with Gasteiger partial charge in [-0.25, -0.2) is 9.97 Å². The summed E-state index contributed by atoms with van der Waals surface area (Å²) in [7, 11) is 0. The van der Waals surface area contributed by atoms with Crippen molar-refractivity contribution in [3.8, 4) is 0 Å². The maximum absolute atomic E-state index is 9.80. The van der Waals surface area contributed by atoms with Crippen molar-refractivity contribution in [2.24, 2.45) is 0 Å². The van der Waals surface area contributed by atoms with Crippen molar-refractivity contribution in [1.82, 2.24) is 9.97 Å². The first-order valence-corrected chi connectivity index (χ1v) is 6.79. The van der Waals surface area contributed by atoms with Gasteiger partial charge in [0.15, 0.2) is 0 Å². The van der Waals surface area contributed by atoms with E-state index in [1.807, 2.05) is 13.8 Å². The number of hydrogen-bond donors (Lipinski definition) is 2. The summed E-state index contributed by atoms with van der Waals surface area (Å²) in [6.45, 7) is 5.78. The van der Waals surface area contributed by atoms with Gasteiger partial charge in [-0.05, 0) is 46.5 Å². The molecule has 1 heterocycles. The van der Waals surface area contributed by atoms with Crippen molar-refractivity contribution in [3.05, 3.63) is 17.6 Å². The van der Waals surface area contributed by atoms with E-state index in [0.717, 1.165) is 18.7 Å². The van der Waals surface area contributed by atoms with Crippen LogP contribution in [0.5, 0.6) is 0 Å². The summed E-state index contributed by atoms with van der Waals surface area (Å²) in [5.74, 6) is 0.896. The fourth-order valence-corrected chi connectivity index (χ4v) is 2.22. The summed E-state index contributed by atoms with van der Waals surface area (Å²) in [4.78, 5) is 8.77. The van der Waals surface area contributed by atoms with E-state index < -0.39 is 6.10 Å². The Morgan fingerprint density at radius 3 is 2.67 bits per heavy atom. The third-order valence-electron chi connectivity index (χ3n) is 3.86. The van der Waals surface area contributed by atoms with Gasteiger partial charge in [0.05, 0.1) is 11.6 Å². The lowest BCUT2D eigenvalue weighted by Gasteiger charge is -2.31. The molecule has 0 saturated heterocycles. The van der Waals surface area contributed by atoms with Gasteiger partial charge in [0, 0.05) is 11.3 Å². The van der Waals surface area contributed by atoms with E-state index in [-0.39, 0.29) is 5.54 Å². The molecular formula is C14H23N3O. The minimum Gasteiger partial charge on any atom is -0.391 e. The van der Waals surface area contributed by atoms with E-state index in [9.17, 15) is 5.11 Å². The van der Waals surface area contributed by atoms with Gasteiger partial charge >= 0.3 is 0 Å². The van der Waals surface area contributed by atoms with Crippen LogP contribution in [0.25, 0.3) is 0 Å². The van der Waals surface area contributed by atoms with Gasteiger partial charge in [0.2, 0.25) is 0 Å². The fraction of sp³-hybridized carbons (Fsp3) is 0.714. The quantitative estimate of drug-likeness (QED) is 0.807. The maximum atomic E-state index is 9.80. The monoisotopic (exact) mass is 249 g/mol. The van der Waals surface area contributed by atoms with Crippen molar-refractivity contribution >= 4 is 5.82 Å². The smallest absolute Gasteiger partial charge is 0.133 e. The molecule has 0 saturated carbocycles. The second kappa shape index (κ2) is 5.22. The van der Waals surface area contributed by atoms with Gasteiger partial charge < -0.3 is 10.4 Å². The molecule has 1 aromatic rings. The molecule has 2 rings (SSSR count). The van der Waals surface area contributed by atoms with Gasteiger partial charge in [-0.15, -0.1) is 0 Å². The van der Waals surface area contributed by atoms with Crippen LogP contribution >= 0.6 is 0 Å². The molecule has 100 valence electrons. The summed E-state index contributed by atoms with van der Waals surface area (Å²) in [5, 5.41) is 13.2. The van der Waals surface area contributed by atoms with Crippen molar-refractivity contribution in [2.45, 2.75) is 64.5 Å². The number of anilines is 1. The number of nitrogens with zero attached hydrogens (tertiary/aromatic N) is 2. The standard InChI is InChI=1S/C14H23N3O/c1-10(18)14(2,3)17-13-11-7-5-4-6-8-12(11)15-9-16-13/h9-10,18H,4-8H2,1-3H3,(H,15,16,17). The van der Waals surface area contributed by atoms with Crippen molar-refractivity contribution in [2.75, 3.05) is 5.32 Å². The normalized spacial score (nSPS) is 17.8. The predicted octanol–water partition coefficient (Wildman–Crippen LogP) is 2.32. The number of aliphatic hydroxyl groups is 1. The minimum absolute atomic E-state index is 0.381. The van der Waals surface area contributed by atoms with Crippen molar-refractivity contribution in [3.63, 3.8) is 0 Å². The van der Waals surface area contributed by atoms with Crippen LogP contribution in [-0.2, 0) is 12.8 Å². The summed E-state index contributed by atoms with van der Waals surface area (Å²) in [6, 6.07) is 0. The molecule has 0 radical (unpaired) electrons. The first kappa shape index (κ1) is 13.3. The van der Waals surface area contributed by atoms with E-state index in [4.69, 9.17) is 0 Å². The lowest BCUT2D eigenvalue weighted by molar-refractivity contribution is 0.133. The highest BCUT2D eigenvalue weighted by Gasteiger charge is 2.26. The molecule has 2 N–H and O–H groups in total. The van der Waals surface area contributed by atoms with Crippen LogP contribution in [0.1, 0.15) is 51.3 Å². The van der Waals surface area contributed by atoms with Crippen LogP contribution < -0.4 is 5.32 Å². The van der Waals surface area contributed by atoms with Gasteiger partial charge in [0.25, 0.3) is 0 Å². The lowest BCUT2D eigenvalue weighted by atomic mass is 9.98. The van der Waals surface area contributed by atoms with Crippen LogP contribution in [-0.4, -0.2) is 26.7 Å². The average Bonchev–Trinajstić information content (AvgIpc) is 2.54. The van der Waals surface area contributed by atoms with Crippen molar-refractivity contribution < 1.29 is 5.11 Å². The summed E-state index contributed by atoms with van der Waals surface area (Å²) in [5.41, 5.74) is 2.03. The van der Waals surface area contributed by atoms with E-state index in [0.29, 0.717) is 0 Å². The third kappa shape index (κ3) is 2.80. The summed E-state index contributed by atoms with van der Waals surface area (Å²) < 4.78 is 0. The zero-order valence-corrected chi connectivity index (χ0v) is 11.5. The fourth-order valence-electron chi connectivity index (χ4n) is 2.22. The Morgan fingerprint density at radius 1 is 1.22 bits per heavy atom. The molecule has 0 aliphatic heterocycles. The average molecular weight is 249 g/mol. The Balaban J connectivity index is 2.28. The van der Waals surface area contributed by atoms with E-state index in [2.05, 4.69) is 15.3 Å². The van der Waals surface area contributed by atoms with Crippen LogP contribution in [0.3, 0.4) is 0 Å². The summed E-state index contributed by atoms with van der Waals surface area (Å²) >= 11 is 0. The molecular weight excluding hydrogens is 226 g/mol. The van der Waals surface area contributed by atoms with Gasteiger partial charge in [-0.2, -0.15) is 0 Å². The Labute approximate surface area is 109 Å². The number of rotatable bonds is 3. The Hall–Kier alpha value is -1.16. The molecule has 4 nitrogen and oxygen atoms in total. The number of aryl methyl sites for hydroxylation is 1. The first-order chi connectivity index (χ1) is 8.50. The van der Waals surface area contributed by atoms with Gasteiger partial charge in [-0.1, -0.05) is 6.42 Å². The Kier molecular flexibility index (Phi) is 3.85. The molecule has 1 aliphatic carbocycles. The number of aliphatic hydroxyl groups excluding tert-OH is 1. The molecule has 0 amide bonds. The number of aromatic nitrogens is 2. The number of hydrogen-bond acceptors (Lipinski definition) is 4. The predicted molar refractivity (Wildman–Crippen MR) is 72.7 cm³/mol. The molecule has 0 bridgehead atoms. The molecule has 1 aromatic heterocycles. The van der Waals surface area contributed by atoms with E-state index in [1.165, 1.54) is 30.5 Å². The molecule has 1 unspecified atom stereocenters. The molecule has 0 spiro atoms. The second-order valence-corrected chi connectivity index (χ2v) is 5.73. The SMILES string of the molecule is CC(O)C(C)(C)Nc1ncnc2c1CCCCC2. The summed E-state index contributed by atoms with van der Waals surface area (Å²) in [6.07, 6.45) is 6.94. The molecule has 1 atom stereocenters. The first-order valence-electron chi connectivity index (χ1n) is 6.79. The Morgan fingerprint density at radius 2 is 1.94 bits per heavy atom. The molecule has 4 heteroatoms. The number of fused-ring (bicyclic) bond motifs is 1. The number of nitrogens with one attached hydrogen (secondary N) is 1. The molecule has 0 aromatic carbocycles. The van der Waals surface area contributed by atoms with Crippen molar-refractivity contribution in [1.29, 1.82) is 0 Å². The van der Waals surface area contributed by atoms with Gasteiger partial charge in [0.1, 0.15) is 12.1 Å². The Bertz CT molecular complexity index is 416. The molecule has 18 heavy (non-hydrogen) atoms. The maximum Gasteiger partial charge on any atom is 0.133 e. The lowest BCUT2D eigenvalue weighted by Crippen LogP contribution is -2.42. The molecule has 1 aliphatic rings. The highest BCUT2D eigenvalue weighted by Crippen LogP contribution is 2.26. The molecule has 0 fully saturated rings. The highest BCUT2D eigenvalue weighted by molar-refractivity contribution is 5.48. The topological polar surface area (TPSA) is 58.0 Å². The minimum atomic E-state index is -0.436. The second-order valence-electron chi connectivity index (χ2n) is 5.73. The zero-order chi connectivity index (χ0) is 13.2. The van der Waals surface area contributed by atoms with E-state index in [1.54, 1.807) is 13.3 Å². The highest BCUT2D eigenvalue weighted by atomic mass is 16.3. The van der Waals surface area contributed by atoms with Gasteiger partial charge in [-0.3, -0.25) is 0 Å².